The van der Waals surface area contributed by atoms with Gasteiger partial charge >= 0.3 is 5.69 Å². The summed E-state index contributed by atoms with van der Waals surface area (Å²) in [5, 5.41) is 13.4. The highest BCUT2D eigenvalue weighted by molar-refractivity contribution is 5.42. The number of aromatic amines is 1. The van der Waals surface area contributed by atoms with Gasteiger partial charge < -0.3 is 10.1 Å². The van der Waals surface area contributed by atoms with Crippen LogP contribution < -0.4 is 11.0 Å². The van der Waals surface area contributed by atoms with Gasteiger partial charge in [0.15, 0.2) is 5.65 Å². The zero-order valence-corrected chi connectivity index (χ0v) is 9.93. The van der Waals surface area contributed by atoms with E-state index in [1.807, 2.05) is 0 Å². The fourth-order valence-electron chi connectivity index (χ4n) is 1.68. The summed E-state index contributed by atoms with van der Waals surface area (Å²) in [6.07, 6.45) is 2.60. The molecule has 1 fully saturated rings. The molecule has 2 N–H and O–H groups in total. The third-order valence-corrected chi connectivity index (χ3v) is 2.88. The first kappa shape index (κ1) is 11.2. The molecule has 0 aromatic carbocycles. The molecule has 1 aliphatic carbocycles. The Kier molecular flexibility index (Phi) is 2.97. The molecule has 0 atom stereocenters. The highest BCUT2D eigenvalue weighted by Gasteiger charge is 2.20. The SMILES string of the molecule is O=c1[nH]nc2ccc(NCCOCC3CC3)nn12. The van der Waals surface area contributed by atoms with E-state index in [9.17, 15) is 4.79 Å². The molecule has 0 bridgehead atoms. The van der Waals surface area contributed by atoms with Crippen molar-refractivity contribution in [1.82, 2.24) is 19.8 Å². The largest absolute Gasteiger partial charge is 0.379 e. The number of H-pyrrole nitrogens is 1. The summed E-state index contributed by atoms with van der Waals surface area (Å²) in [6.45, 7) is 2.18. The van der Waals surface area contributed by atoms with Gasteiger partial charge in [0.05, 0.1) is 6.61 Å². The number of rotatable bonds is 6. The summed E-state index contributed by atoms with van der Waals surface area (Å²) in [6, 6.07) is 3.52. The number of ether oxygens (including phenoxy) is 1. The van der Waals surface area contributed by atoms with Crippen molar-refractivity contribution in [1.29, 1.82) is 0 Å². The highest BCUT2D eigenvalue weighted by atomic mass is 16.5. The van der Waals surface area contributed by atoms with Crippen LogP contribution in [0.15, 0.2) is 16.9 Å². The Labute approximate surface area is 103 Å². The van der Waals surface area contributed by atoms with Crippen LogP contribution in [-0.4, -0.2) is 39.6 Å². The highest BCUT2D eigenvalue weighted by Crippen LogP contribution is 2.28. The van der Waals surface area contributed by atoms with Gasteiger partial charge in [-0.15, -0.1) is 5.10 Å². The molecule has 3 rings (SSSR count). The molecule has 2 heterocycles. The van der Waals surface area contributed by atoms with Gasteiger partial charge in [0.1, 0.15) is 5.82 Å². The number of nitrogens with zero attached hydrogens (tertiary/aromatic N) is 3. The van der Waals surface area contributed by atoms with E-state index in [1.165, 1.54) is 17.4 Å². The maximum atomic E-state index is 11.3. The Morgan fingerprint density at radius 2 is 2.39 bits per heavy atom. The van der Waals surface area contributed by atoms with Crippen molar-refractivity contribution in [2.45, 2.75) is 12.8 Å². The monoisotopic (exact) mass is 249 g/mol. The first-order chi connectivity index (χ1) is 8.83. The maximum Gasteiger partial charge on any atom is 0.364 e. The van der Waals surface area contributed by atoms with Crippen molar-refractivity contribution in [3.8, 4) is 0 Å². The Morgan fingerprint density at radius 1 is 1.50 bits per heavy atom. The lowest BCUT2D eigenvalue weighted by molar-refractivity contribution is 0.134. The molecular formula is C11H15N5O2. The van der Waals surface area contributed by atoms with Crippen LogP contribution in [0, 0.1) is 5.92 Å². The average molecular weight is 249 g/mol. The van der Waals surface area contributed by atoms with Crippen LogP contribution in [0.2, 0.25) is 0 Å². The van der Waals surface area contributed by atoms with Crippen LogP contribution in [0.1, 0.15) is 12.8 Å². The molecule has 2 aromatic rings. The zero-order chi connectivity index (χ0) is 12.4. The van der Waals surface area contributed by atoms with Gasteiger partial charge in [0, 0.05) is 13.2 Å². The summed E-state index contributed by atoms with van der Waals surface area (Å²) in [5.74, 6) is 1.42. The molecule has 1 saturated carbocycles. The van der Waals surface area contributed by atoms with E-state index >= 15 is 0 Å². The third-order valence-electron chi connectivity index (χ3n) is 2.88. The summed E-state index contributed by atoms with van der Waals surface area (Å²) >= 11 is 0. The lowest BCUT2D eigenvalue weighted by Gasteiger charge is -2.05. The smallest absolute Gasteiger partial charge is 0.364 e. The van der Waals surface area contributed by atoms with Crippen molar-refractivity contribution < 1.29 is 4.74 Å². The van der Waals surface area contributed by atoms with Crippen molar-refractivity contribution in [2.24, 2.45) is 5.92 Å². The molecule has 96 valence electrons. The molecule has 0 amide bonds. The van der Waals surface area contributed by atoms with E-state index in [0.29, 0.717) is 24.6 Å². The molecule has 0 spiro atoms. The summed E-state index contributed by atoms with van der Waals surface area (Å²) < 4.78 is 6.73. The minimum absolute atomic E-state index is 0.335. The standard InChI is InChI=1S/C11H15N5O2/c17-11-14-13-10-4-3-9(15-16(10)11)12-5-6-18-7-8-1-2-8/h3-4,8H,1-2,5-7H2,(H,12,15)(H,14,17). The minimum Gasteiger partial charge on any atom is -0.379 e. The lowest BCUT2D eigenvalue weighted by atomic mass is 10.5. The van der Waals surface area contributed by atoms with Crippen molar-refractivity contribution in [3.63, 3.8) is 0 Å². The van der Waals surface area contributed by atoms with Crippen LogP contribution in [0.25, 0.3) is 5.65 Å². The molecule has 1 aliphatic rings. The van der Waals surface area contributed by atoms with Crippen LogP contribution >= 0.6 is 0 Å². The Hall–Kier alpha value is -1.89. The molecule has 2 aromatic heterocycles. The van der Waals surface area contributed by atoms with E-state index in [0.717, 1.165) is 12.5 Å². The van der Waals surface area contributed by atoms with E-state index < -0.39 is 0 Å². The second-order valence-electron chi connectivity index (χ2n) is 4.46. The van der Waals surface area contributed by atoms with Gasteiger partial charge in [0.2, 0.25) is 0 Å². The molecule has 7 heteroatoms. The van der Waals surface area contributed by atoms with Crippen molar-refractivity contribution >= 4 is 11.5 Å². The Balaban J connectivity index is 1.53. The van der Waals surface area contributed by atoms with Gasteiger partial charge in [-0.2, -0.15) is 9.61 Å². The van der Waals surface area contributed by atoms with Crippen LogP contribution in [0.5, 0.6) is 0 Å². The summed E-state index contributed by atoms with van der Waals surface area (Å²) in [7, 11) is 0. The zero-order valence-electron chi connectivity index (χ0n) is 9.93. The van der Waals surface area contributed by atoms with Gasteiger partial charge in [-0.1, -0.05) is 0 Å². The molecular weight excluding hydrogens is 234 g/mol. The molecule has 18 heavy (non-hydrogen) atoms. The van der Waals surface area contributed by atoms with E-state index in [1.54, 1.807) is 12.1 Å². The summed E-state index contributed by atoms with van der Waals surface area (Å²) in [5.41, 5.74) is 0.175. The maximum absolute atomic E-state index is 11.3. The lowest BCUT2D eigenvalue weighted by Crippen LogP contribution is -2.16. The van der Waals surface area contributed by atoms with Crippen LogP contribution in [0.4, 0.5) is 5.82 Å². The number of anilines is 1. The molecule has 7 nitrogen and oxygen atoms in total. The van der Waals surface area contributed by atoms with Crippen LogP contribution in [-0.2, 0) is 4.74 Å². The van der Waals surface area contributed by atoms with Crippen molar-refractivity contribution in [2.75, 3.05) is 25.1 Å². The number of hydrogen-bond acceptors (Lipinski definition) is 5. The summed E-state index contributed by atoms with van der Waals surface area (Å²) in [4.78, 5) is 11.3. The number of nitrogens with one attached hydrogen (secondary N) is 2. The number of fused-ring (bicyclic) bond motifs is 1. The second kappa shape index (κ2) is 4.77. The molecule has 0 aliphatic heterocycles. The van der Waals surface area contributed by atoms with Crippen molar-refractivity contribution in [3.05, 3.63) is 22.6 Å². The molecule has 0 radical (unpaired) electrons. The van der Waals surface area contributed by atoms with Gasteiger partial charge in [-0.25, -0.2) is 9.89 Å². The van der Waals surface area contributed by atoms with E-state index in [4.69, 9.17) is 4.74 Å². The topological polar surface area (TPSA) is 84.3 Å². The average Bonchev–Trinajstić information content (AvgIpc) is 3.14. The van der Waals surface area contributed by atoms with E-state index in [-0.39, 0.29) is 5.69 Å². The molecule has 0 unspecified atom stereocenters. The fourth-order valence-corrected chi connectivity index (χ4v) is 1.68. The third kappa shape index (κ3) is 2.51. The fraction of sp³-hybridized carbons (Fsp3) is 0.545. The quantitative estimate of drug-likeness (QED) is 0.717. The second-order valence-corrected chi connectivity index (χ2v) is 4.46. The minimum atomic E-state index is -0.335. The van der Waals surface area contributed by atoms with E-state index in [2.05, 4.69) is 20.6 Å². The number of hydrogen-bond donors (Lipinski definition) is 2. The normalized spacial score (nSPS) is 15.1. The van der Waals surface area contributed by atoms with Gasteiger partial charge in [-0.05, 0) is 30.9 Å². The number of aromatic nitrogens is 4. The Morgan fingerprint density at radius 3 is 3.22 bits per heavy atom. The first-order valence-corrected chi connectivity index (χ1v) is 6.09. The first-order valence-electron chi connectivity index (χ1n) is 6.09. The predicted octanol–water partition coefficient (Wildman–Crippen LogP) is 0.256. The molecule has 0 saturated heterocycles. The Bertz CT molecular complexity index is 586. The van der Waals surface area contributed by atoms with Gasteiger partial charge in [-0.3, -0.25) is 0 Å². The van der Waals surface area contributed by atoms with Gasteiger partial charge in [0.25, 0.3) is 0 Å². The predicted molar refractivity (Wildman–Crippen MR) is 65.6 cm³/mol. The van der Waals surface area contributed by atoms with Crippen LogP contribution in [0.3, 0.4) is 0 Å².